The molecule has 1 heterocycles. The van der Waals surface area contributed by atoms with Gasteiger partial charge in [-0.05, 0) is 42.8 Å². The van der Waals surface area contributed by atoms with E-state index in [2.05, 4.69) is 0 Å². The molecule has 1 aliphatic rings. The lowest BCUT2D eigenvalue weighted by molar-refractivity contribution is -0.203. The molecule has 0 aliphatic carbocycles. The fourth-order valence-electron chi connectivity index (χ4n) is 2.58. The summed E-state index contributed by atoms with van der Waals surface area (Å²) in [5, 5.41) is 1.16. The summed E-state index contributed by atoms with van der Waals surface area (Å²) < 4.78 is 16.3. The third kappa shape index (κ3) is 2.90. The molecular weight excluding hydrogens is 339 g/mol. The minimum Gasteiger partial charge on any atom is -0.464 e. The number of carbonyl (C=O) groups is 1. The first-order valence-electron chi connectivity index (χ1n) is 6.92. The van der Waals surface area contributed by atoms with Crippen molar-refractivity contribution >= 4 is 29.2 Å². The van der Waals surface area contributed by atoms with Gasteiger partial charge in [0.25, 0.3) is 0 Å². The van der Waals surface area contributed by atoms with Crippen molar-refractivity contribution in [2.24, 2.45) is 0 Å². The number of rotatable bonds is 2. The number of hydrogen-bond donors (Lipinski definition) is 0. The molecule has 0 unspecified atom stereocenters. The minimum absolute atomic E-state index is 0.522. The highest BCUT2D eigenvalue weighted by atomic mass is 35.5. The second-order valence-electron chi connectivity index (χ2n) is 5.27. The average molecular weight is 353 g/mol. The van der Waals surface area contributed by atoms with E-state index < -0.39 is 17.9 Å². The molecule has 0 bridgehead atoms. The van der Waals surface area contributed by atoms with Crippen molar-refractivity contribution in [2.45, 2.75) is 18.8 Å². The van der Waals surface area contributed by atoms with Crippen LogP contribution in [0.15, 0.2) is 42.5 Å². The molecule has 0 saturated carbocycles. The van der Waals surface area contributed by atoms with Crippen molar-refractivity contribution in [1.82, 2.24) is 0 Å². The molecule has 0 spiro atoms. The van der Waals surface area contributed by atoms with Crippen LogP contribution >= 0.6 is 23.2 Å². The highest BCUT2D eigenvalue weighted by Gasteiger charge is 2.43. The zero-order valence-electron chi connectivity index (χ0n) is 12.5. The van der Waals surface area contributed by atoms with Crippen LogP contribution in [0.5, 0.6) is 5.75 Å². The van der Waals surface area contributed by atoms with Crippen molar-refractivity contribution in [3.8, 4) is 5.75 Å². The normalized spacial score (nSPS) is 22.9. The zero-order chi connectivity index (χ0) is 16.6. The maximum Gasteiger partial charge on any atom is 0.376 e. The Morgan fingerprint density at radius 2 is 1.78 bits per heavy atom. The van der Waals surface area contributed by atoms with E-state index in [1.54, 1.807) is 30.3 Å². The fourth-order valence-corrected chi connectivity index (χ4v) is 2.88. The van der Waals surface area contributed by atoms with Gasteiger partial charge in [0.1, 0.15) is 11.4 Å². The summed E-state index contributed by atoms with van der Waals surface area (Å²) >= 11 is 12.1. The molecule has 4 nitrogen and oxygen atoms in total. The van der Waals surface area contributed by atoms with Crippen LogP contribution in [0.25, 0.3) is 0 Å². The van der Waals surface area contributed by atoms with Gasteiger partial charge in [0.05, 0.1) is 7.11 Å². The number of methoxy groups -OCH3 is 1. The lowest BCUT2D eigenvalue weighted by Crippen LogP contribution is -2.44. The molecule has 120 valence electrons. The first-order chi connectivity index (χ1) is 10.9. The molecule has 2 aromatic rings. The van der Waals surface area contributed by atoms with Crippen molar-refractivity contribution in [2.75, 3.05) is 7.11 Å². The van der Waals surface area contributed by atoms with Crippen LogP contribution in [0.4, 0.5) is 0 Å². The predicted octanol–water partition coefficient (Wildman–Crippen LogP) is 4.17. The average Bonchev–Trinajstić information content (AvgIpc) is 2.55. The lowest BCUT2D eigenvalue weighted by Gasteiger charge is -2.39. The highest BCUT2D eigenvalue weighted by molar-refractivity contribution is 6.31. The first kappa shape index (κ1) is 16.1. The molecule has 1 aliphatic heterocycles. The van der Waals surface area contributed by atoms with Gasteiger partial charge in [-0.3, -0.25) is 0 Å². The third-order valence-corrected chi connectivity index (χ3v) is 4.31. The second kappa shape index (κ2) is 6.04. The van der Waals surface area contributed by atoms with Gasteiger partial charge in [0.15, 0.2) is 0 Å². The number of ether oxygens (including phenoxy) is 3. The van der Waals surface area contributed by atoms with E-state index in [1.165, 1.54) is 7.11 Å². The maximum absolute atomic E-state index is 11.9. The molecule has 0 N–H and O–H groups in total. The Hall–Kier alpha value is -1.75. The summed E-state index contributed by atoms with van der Waals surface area (Å²) in [4.78, 5) is 11.9. The van der Waals surface area contributed by atoms with Gasteiger partial charge in [-0.15, -0.1) is 0 Å². The summed E-state index contributed by atoms with van der Waals surface area (Å²) in [5.74, 6) is -0.0840. The Morgan fingerprint density at radius 1 is 1.13 bits per heavy atom. The van der Waals surface area contributed by atoms with Crippen molar-refractivity contribution in [1.29, 1.82) is 0 Å². The molecule has 2 aromatic carbocycles. The van der Waals surface area contributed by atoms with Crippen LogP contribution < -0.4 is 4.74 Å². The molecule has 2 atom stereocenters. The number of esters is 1. The van der Waals surface area contributed by atoms with Gasteiger partial charge in [-0.1, -0.05) is 35.3 Å². The number of halogens is 2. The largest absolute Gasteiger partial charge is 0.464 e. The second-order valence-corrected chi connectivity index (χ2v) is 6.14. The number of hydrogen-bond acceptors (Lipinski definition) is 4. The minimum atomic E-state index is -1.16. The van der Waals surface area contributed by atoms with Crippen LogP contribution in [0.2, 0.25) is 10.0 Å². The van der Waals surface area contributed by atoms with E-state index >= 15 is 0 Å². The van der Waals surface area contributed by atoms with Crippen LogP contribution in [-0.4, -0.2) is 19.4 Å². The molecular formula is C17H14Cl2O4. The van der Waals surface area contributed by atoms with Crippen LogP contribution in [-0.2, 0) is 19.9 Å². The summed E-state index contributed by atoms with van der Waals surface area (Å²) in [6, 6.07) is 12.4. The standard InChI is InChI=1S/C17H14Cl2O4/c1-17(10-3-5-11(18)6-4-10)13-9-12(19)7-8-14(13)22-16(23-17)15(20)21-2/h3-9,16H,1-2H3/t16-,17+/m0/s1. The predicted molar refractivity (Wildman–Crippen MR) is 86.9 cm³/mol. The summed E-state index contributed by atoms with van der Waals surface area (Å²) in [6.45, 7) is 1.85. The Kier molecular flexibility index (Phi) is 4.23. The maximum atomic E-state index is 11.9. The third-order valence-electron chi connectivity index (χ3n) is 3.82. The summed E-state index contributed by atoms with van der Waals surface area (Å²) in [6.07, 6.45) is -1.16. The Balaban J connectivity index is 2.15. The van der Waals surface area contributed by atoms with Crippen LogP contribution in [0, 0.1) is 0 Å². The summed E-state index contributed by atoms with van der Waals surface area (Å²) in [7, 11) is 1.28. The monoisotopic (exact) mass is 352 g/mol. The van der Waals surface area contributed by atoms with Gasteiger partial charge in [-0.2, -0.15) is 0 Å². The van der Waals surface area contributed by atoms with Gasteiger partial charge < -0.3 is 14.2 Å². The lowest BCUT2D eigenvalue weighted by atomic mass is 9.86. The smallest absolute Gasteiger partial charge is 0.376 e. The van der Waals surface area contributed by atoms with Crippen molar-refractivity contribution < 1.29 is 19.0 Å². The van der Waals surface area contributed by atoms with E-state index in [0.29, 0.717) is 15.8 Å². The molecule has 0 fully saturated rings. The van der Waals surface area contributed by atoms with Crippen LogP contribution in [0.1, 0.15) is 18.1 Å². The molecule has 3 rings (SSSR count). The van der Waals surface area contributed by atoms with E-state index in [-0.39, 0.29) is 0 Å². The quantitative estimate of drug-likeness (QED) is 0.761. The zero-order valence-corrected chi connectivity index (χ0v) is 14.0. The van der Waals surface area contributed by atoms with E-state index in [0.717, 1.165) is 11.1 Å². The van der Waals surface area contributed by atoms with Gasteiger partial charge in [0.2, 0.25) is 0 Å². The first-order valence-corrected chi connectivity index (χ1v) is 7.68. The highest BCUT2D eigenvalue weighted by Crippen LogP contribution is 2.44. The number of fused-ring (bicyclic) bond motifs is 1. The van der Waals surface area contributed by atoms with Gasteiger partial charge >= 0.3 is 12.3 Å². The van der Waals surface area contributed by atoms with E-state index in [1.807, 2.05) is 19.1 Å². The molecule has 23 heavy (non-hydrogen) atoms. The number of benzene rings is 2. The Morgan fingerprint density at radius 3 is 2.43 bits per heavy atom. The molecule has 6 heteroatoms. The Bertz CT molecular complexity index is 745. The van der Waals surface area contributed by atoms with Crippen molar-refractivity contribution in [3.63, 3.8) is 0 Å². The van der Waals surface area contributed by atoms with Crippen LogP contribution in [0.3, 0.4) is 0 Å². The number of carbonyl (C=O) groups excluding carboxylic acids is 1. The molecule has 0 aromatic heterocycles. The molecule has 0 radical (unpaired) electrons. The van der Waals surface area contributed by atoms with Crippen molar-refractivity contribution in [3.05, 3.63) is 63.6 Å². The molecule has 0 amide bonds. The van der Waals surface area contributed by atoms with Gasteiger partial charge in [0, 0.05) is 15.6 Å². The van der Waals surface area contributed by atoms with E-state index in [9.17, 15) is 4.79 Å². The summed E-state index contributed by atoms with van der Waals surface area (Å²) in [5.41, 5.74) is 0.622. The SMILES string of the molecule is COC(=O)[C@H]1Oc2ccc(Cl)cc2[C@@](C)(c2ccc(Cl)cc2)O1. The molecule has 0 saturated heterocycles. The Labute approximate surface area is 143 Å². The fraction of sp³-hybridized carbons (Fsp3) is 0.235. The van der Waals surface area contributed by atoms with Gasteiger partial charge in [-0.25, -0.2) is 4.79 Å². The topological polar surface area (TPSA) is 44.8 Å². The van der Waals surface area contributed by atoms with E-state index in [4.69, 9.17) is 37.4 Å².